The fourth-order valence-corrected chi connectivity index (χ4v) is 3.75. The molecule has 0 aliphatic carbocycles. The Bertz CT molecular complexity index is 838. The van der Waals surface area contributed by atoms with E-state index in [1.807, 2.05) is 0 Å². The second-order valence-electron chi connectivity index (χ2n) is 4.67. The molecule has 0 spiro atoms. The molecular formula is C16H8BrClFNOS2. The van der Waals surface area contributed by atoms with E-state index in [1.54, 1.807) is 36.4 Å². The molecule has 2 aromatic rings. The van der Waals surface area contributed by atoms with Gasteiger partial charge in [0.2, 0.25) is 0 Å². The molecular weight excluding hydrogens is 421 g/mol. The van der Waals surface area contributed by atoms with Crippen molar-refractivity contribution >= 4 is 73.5 Å². The Hall–Kier alpha value is -1.21. The van der Waals surface area contributed by atoms with Crippen molar-refractivity contribution in [3.8, 4) is 0 Å². The second kappa shape index (κ2) is 6.73. The maximum absolute atomic E-state index is 13.0. The van der Waals surface area contributed by atoms with E-state index in [2.05, 4.69) is 15.9 Å². The number of thioether (sulfide) groups is 1. The third-order valence-corrected chi connectivity index (χ3v) is 5.66. The van der Waals surface area contributed by atoms with Crippen molar-refractivity contribution in [1.82, 2.24) is 0 Å². The highest BCUT2D eigenvalue weighted by molar-refractivity contribution is 9.10. The van der Waals surface area contributed by atoms with Crippen LogP contribution in [0.25, 0.3) is 6.08 Å². The monoisotopic (exact) mass is 427 g/mol. The van der Waals surface area contributed by atoms with Crippen LogP contribution in [-0.2, 0) is 4.79 Å². The number of anilines is 1. The lowest BCUT2D eigenvalue weighted by Gasteiger charge is -2.15. The molecule has 1 aliphatic heterocycles. The average molecular weight is 429 g/mol. The summed E-state index contributed by atoms with van der Waals surface area (Å²) in [4.78, 5) is 14.5. The van der Waals surface area contributed by atoms with E-state index in [4.69, 9.17) is 23.8 Å². The molecule has 0 atom stereocenters. The molecule has 1 saturated heterocycles. The van der Waals surface area contributed by atoms with Crippen LogP contribution in [0.4, 0.5) is 10.1 Å². The highest BCUT2D eigenvalue weighted by atomic mass is 79.9. The van der Waals surface area contributed by atoms with E-state index in [9.17, 15) is 9.18 Å². The lowest BCUT2D eigenvalue weighted by atomic mass is 10.2. The molecule has 0 radical (unpaired) electrons. The van der Waals surface area contributed by atoms with Gasteiger partial charge in [0.1, 0.15) is 5.82 Å². The first-order valence-electron chi connectivity index (χ1n) is 6.44. The fourth-order valence-electron chi connectivity index (χ4n) is 2.02. The van der Waals surface area contributed by atoms with Gasteiger partial charge < -0.3 is 0 Å². The van der Waals surface area contributed by atoms with E-state index < -0.39 is 0 Å². The van der Waals surface area contributed by atoms with Gasteiger partial charge in [-0.1, -0.05) is 47.7 Å². The summed E-state index contributed by atoms with van der Waals surface area (Å²) in [7, 11) is 0. The van der Waals surface area contributed by atoms with Gasteiger partial charge in [0.15, 0.2) is 4.32 Å². The highest BCUT2D eigenvalue weighted by Gasteiger charge is 2.33. The fraction of sp³-hybridized carbons (Fsp3) is 0. The third-order valence-electron chi connectivity index (χ3n) is 3.12. The number of hydrogen-bond acceptors (Lipinski definition) is 3. The van der Waals surface area contributed by atoms with Crippen molar-refractivity contribution in [1.29, 1.82) is 0 Å². The van der Waals surface area contributed by atoms with Crippen LogP contribution in [-0.4, -0.2) is 10.2 Å². The molecule has 116 valence electrons. The molecule has 0 bridgehead atoms. The molecule has 3 rings (SSSR count). The number of nitrogens with zero attached hydrogens (tertiary/aromatic N) is 1. The number of rotatable bonds is 2. The van der Waals surface area contributed by atoms with Gasteiger partial charge in [-0.2, -0.15) is 0 Å². The molecule has 7 heteroatoms. The molecule has 0 N–H and O–H groups in total. The molecule has 1 aliphatic rings. The smallest absolute Gasteiger partial charge is 0.268 e. The summed E-state index contributed by atoms with van der Waals surface area (Å²) >= 11 is 15.9. The minimum Gasteiger partial charge on any atom is -0.268 e. The zero-order chi connectivity index (χ0) is 16.6. The highest BCUT2D eigenvalue weighted by Crippen LogP contribution is 2.37. The van der Waals surface area contributed by atoms with E-state index in [-0.39, 0.29) is 11.7 Å². The van der Waals surface area contributed by atoms with E-state index in [0.717, 1.165) is 10.0 Å². The molecule has 23 heavy (non-hydrogen) atoms. The lowest BCUT2D eigenvalue weighted by Crippen LogP contribution is -2.27. The molecule has 2 nitrogen and oxygen atoms in total. The van der Waals surface area contributed by atoms with Crippen LogP contribution in [0.1, 0.15) is 5.56 Å². The van der Waals surface area contributed by atoms with Crippen molar-refractivity contribution in [2.24, 2.45) is 0 Å². The summed E-state index contributed by atoms with van der Waals surface area (Å²) in [6.07, 6.45) is 1.69. The second-order valence-corrected chi connectivity index (χ2v) is 7.60. The first kappa shape index (κ1) is 16.6. The number of hydrogen-bond donors (Lipinski definition) is 0. The van der Waals surface area contributed by atoms with E-state index in [0.29, 0.717) is 19.9 Å². The van der Waals surface area contributed by atoms with Gasteiger partial charge in [-0.25, -0.2) is 4.39 Å². The van der Waals surface area contributed by atoms with E-state index in [1.165, 1.54) is 28.8 Å². The first-order chi connectivity index (χ1) is 11.0. The van der Waals surface area contributed by atoms with Gasteiger partial charge in [0.25, 0.3) is 5.91 Å². The predicted molar refractivity (Wildman–Crippen MR) is 101 cm³/mol. The Morgan fingerprint density at radius 1 is 1.22 bits per heavy atom. The van der Waals surface area contributed by atoms with Crippen LogP contribution >= 0.6 is 51.5 Å². The quantitative estimate of drug-likeness (QED) is 0.455. The Balaban J connectivity index is 1.93. The molecule has 1 amide bonds. The zero-order valence-electron chi connectivity index (χ0n) is 11.4. The van der Waals surface area contributed by atoms with Crippen molar-refractivity contribution in [3.63, 3.8) is 0 Å². The van der Waals surface area contributed by atoms with E-state index >= 15 is 0 Å². The molecule has 1 heterocycles. The topological polar surface area (TPSA) is 20.3 Å². The van der Waals surface area contributed by atoms with Gasteiger partial charge >= 0.3 is 0 Å². The van der Waals surface area contributed by atoms with Gasteiger partial charge in [0.05, 0.1) is 15.6 Å². The van der Waals surface area contributed by atoms with Crippen molar-refractivity contribution in [2.45, 2.75) is 0 Å². The zero-order valence-corrected chi connectivity index (χ0v) is 15.4. The Morgan fingerprint density at radius 3 is 2.57 bits per heavy atom. The number of benzene rings is 2. The molecule has 1 fully saturated rings. The van der Waals surface area contributed by atoms with Gasteiger partial charge in [-0.05, 0) is 57.9 Å². The summed E-state index contributed by atoms with van der Waals surface area (Å²) in [6, 6.07) is 11.1. The summed E-state index contributed by atoms with van der Waals surface area (Å²) in [6.45, 7) is 0. The van der Waals surface area contributed by atoms with Crippen molar-refractivity contribution in [2.75, 3.05) is 4.90 Å². The average Bonchev–Trinajstić information content (AvgIpc) is 2.79. The number of thiocarbonyl (C=S) groups is 1. The minimum atomic E-state index is -0.320. The molecule has 0 aromatic heterocycles. The maximum atomic E-state index is 13.0. The largest absolute Gasteiger partial charge is 0.270 e. The maximum Gasteiger partial charge on any atom is 0.270 e. The van der Waals surface area contributed by atoms with Crippen LogP contribution in [0.2, 0.25) is 5.02 Å². The number of carbonyl (C=O) groups is 1. The van der Waals surface area contributed by atoms with Gasteiger partial charge in [0, 0.05) is 4.47 Å². The van der Waals surface area contributed by atoms with Crippen molar-refractivity contribution in [3.05, 3.63) is 68.2 Å². The van der Waals surface area contributed by atoms with Gasteiger partial charge in [-0.15, -0.1) is 0 Å². The SMILES string of the molecule is O=C1/C(=C\c2ccc(F)cc2)SC(=S)N1c1ccc(Br)c(Cl)c1. The summed E-state index contributed by atoms with van der Waals surface area (Å²) < 4.78 is 14.1. The lowest BCUT2D eigenvalue weighted by molar-refractivity contribution is -0.113. The molecule has 0 saturated carbocycles. The Kier molecular flexibility index (Phi) is 4.87. The number of halogens is 3. The normalized spacial score (nSPS) is 16.5. The van der Waals surface area contributed by atoms with Crippen LogP contribution in [0, 0.1) is 5.82 Å². The Labute approximate surface area is 155 Å². The summed E-state index contributed by atoms with van der Waals surface area (Å²) in [5, 5.41) is 0.499. The minimum absolute atomic E-state index is 0.220. The van der Waals surface area contributed by atoms with Crippen LogP contribution in [0.3, 0.4) is 0 Å². The van der Waals surface area contributed by atoms with Crippen molar-refractivity contribution < 1.29 is 9.18 Å². The van der Waals surface area contributed by atoms with Crippen LogP contribution in [0.15, 0.2) is 51.8 Å². The first-order valence-corrected chi connectivity index (χ1v) is 8.84. The molecule has 2 aromatic carbocycles. The predicted octanol–water partition coefficient (Wildman–Crippen LogP) is 5.65. The Morgan fingerprint density at radius 2 is 1.91 bits per heavy atom. The third kappa shape index (κ3) is 3.50. The summed E-state index contributed by atoms with van der Waals surface area (Å²) in [5.41, 5.74) is 1.35. The standard InChI is InChI=1S/C16H8BrClFNOS2/c17-12-6-5-11(8-13(12)18)20-15(21)14(23-16(20)22)7-9-1-3-10(19)4-2-9/h1-8H/b14-7+. The van der Waals surface area contributed by atoms with Crippen LogP contribution in [0.5, 0.6) is 0 Å². The number of amides is 1. The number of carbonyl (C=O) groups excluding carboxylic acids is 1. The van der Waals surface area contributed by atoms with Crippen LogP contribution < -0.4 is 4.90 Å². The summed E-state index contributed by atoms with van der Waals surface area (Å²) in [5.74, 6) is -0.540. The molecule has 0 unspecified atom stereocenters. The van der Waals surface area contributed by atoms with Gasteiger partial charge in [-0.3, -0.25) is 9.69 Å².